The summed E-state index contributed by atoms with van der Waals surface area (Å²) in [5.74, 6) is 0.550. The summed E-state index contributed by atoms with van der Waals surface area (Å²) in [5.41, 5.74) is 0.439. The normalized spacial score (nSPS) is 10.6. The predicted molar refractivity (Wildman–Crippen MR) is 50.1 cm³/mol. The van der Waals surface area contributed by atoms with Crippen LogP contribution < -0.4 is 10.5 Å². The predicted octanol–water partition coefficient (Wildman–Crippen LogP) is 0.0886. The molecule has 0 aliphatic carbocycles. The van der Waals surface area contributed by atoms with Gasteiger partial charge in [0.2, 0.25) is 5.95 Å². The highest BCUT2D eigenvalue weighted by atomic mass is 16.1. The zero-order valence-corrected chi connectivity index (χ0v) is 7.48. The first-order valence-corrected chi connectivity index (χ1v) is 3.93. The summed E-state index contributed by atoms with van der Waals surface area (Å²) in [7, 11) is 3.65. The van der Waals surface area contributed by atoms with E-state index in [4.69, 9.17) is 0 Å². The van der Waals surface area contributed by atoms with E-state index in [9.17, 15) is 4.79 Å². The molecule has 1 N–H and O–H groups in total. The van der Waals surface area contributed by atoms with Crippen LogP contribution in [0.4, 0.5) is 5.95 Å². The molecule has 0 bridgehead atoms. The Labute approximate surface area is 74.6 Å². The number of H-pyrrole nitrogens is 1. The van der Waals surface area contributed by atoms with E-state index in [1.807, 2.05) is 14.1 Å². The van der Waals surface area contributed by atoms with Crippen LogP contribution in [-0.4, -0.2) is 28.7 Å². The third-order valence-corrected chi connectivity index (χ3v) is 1.81. The van der Waals surface area contributed by atoms with Gasteiger partial charge in [0.05, 0.1) is 0 Å². The zero-order valence-electron chi connectivity index (χ0n) is 7.48. The van der Waals surface area contributed by atoms with Crippen LogP contribution in [0.15, 0.2) is 23.1 Å². The highest BCUT2D eigenvalue weighted by molar-refractivity contribution is 5.45. The van der Waals surface area contributed by atoms with Crippen molar-refractivity contribution in [2.45, 2.75) is 0 Å². The molecule has 0 aromatic carbocycles. The Bertz CT molecular complexity index is 482. The molecule has 0 spiro atoms. The molecule has 2 heterocycles. The molecule has 68 valence electrons. The molecule has 0 unspecified atom stereocenters. The van der Waals surface area contributed by atoms with E-state index in [-0.39, 0.29) is 5.56 Å². The number of aromatic nitrogens is 3. The number of nitrogens with one attached hydrogen (secondary N) is 1. The van der Waals surface area contributed by atoms with Gasteiger partial charge in [0, 0.05) is 20.3 Å². The summed E-state index contributed by atoms with van der Waals surface area (Å²) >= 11 is 0. The van der Waals surface area contributed by atoms with Gasteiger partial charge in [-0.2, -0.15) is 0 Å². The Morgan fingerprint density at radius 2 is 2.31 bits per heavy atom. The molecule has 2 rings (SSSR count). The minimum Gasteiger partial charge on any atom is -0.347 e. The first-order valence-electron chi connectivity index (χ1n) is 3.93. The molecule has 0 saturated heterocycles. The van der Waals surface area contributed by atoms with Gasteiger partial charge in [-0.1, -0.05) is 0 Å². The lowest BCUT2D eigenvalue weighted by Crippen LogP contribution is -2.20. The molecule has 0 radical (unpaired) electrons. The summed E-state index contributed by atoms with van der Waals surface area (Å²) < 4.78 is 1.56. The van der Waals surface area contributed by atoms with Gasteiger partial charge in [-0.15, -0.1) is 5.10 Å². The number of nitrogens with zero attached hydrogens (tertiary/aromatic N) is 3. The minimum atomic E-state index is -0.122. The lowest BCUT2D eigenvalue weighted by molar-refractivity contribution is 0.852. The van der Waals surface area contributed by atoms with Gasteiger partial charge in [0.15, 0.2) is 0 Å². The van der Waals surface area contributed by atoms with Crippen molar-refractivity contribution < 1.29 is 0 Å². The van der Waals surface area contributed by atoms with Gasteiger partial charge in [-0.05, 0) is 12.1 Å². The van der Waals surface area contributed by atoms with Crippen molar-refractivity contribution in [2.24, 2.45) is 0 Å². The topological polar surface area (TPSA) is 53.4 Å². The average molecular weight is 178 g/mol. The van der Waals surface area contributed by atoms with Crippen molar-refractivity contribution >= 4 is 11.5 Å². The highest BCUT2D eigenvalue weighted by Gasteiger charge is 2.03. The molecule has 2 aromatic heterocycles. The number of hydrogen-bond donors (Lipinski definition) is 1. The van der Waals surface area contributed by atoms with Gasteiger partial charge in [0.25, 0.3) is 5.56 Å². The van der Waals surface area contributed by atoms with E-state index in [0.717, 1.165) is 0 Å². The van der Waals surface area contributed by atoms with Crippen molar-refractivity contribution in [1.82, 2.24) is 14.6 Å². The van der Waals surface area contributed by atoms with Gasteiger partial charge in [-0.3, -0.25) is 9.78 Å². The maximum atomic E-state index is 11.4. The fourth-order valence-electron chi connectivity index (χ4n) is 1.13. The first-order chi connectivity index (χ1) is 6.18. The van der Waals surface area contributed by atoms with E-state index in [0.29, 0.717) is 11.5 Å². The molecular weight excluding hydrogens is 168 g/mol. The third kappa shape index (κ3) is 1.18. The Morgan fingerprint density at radius 3 is 3.00 bits per heavy atom. The smallest absolute Gasteiger partial charge is 0.276 e. The van der Waals surface area contributed by atoms with Crippen molar-refractivity contribution in [3.63, 3.8) is 0 Å². The summed E-state index contributed by atoms with van der Waals surface area (Å²) in [6, 6.07) is 3.52. The van der Waals surface area contributed by atoms with Gasteiger partial charge < -0.3 is 4.90 Å². The van der Waals surface area contributed by atoms with E-state index in [1.54, 1.807) is 27.7 Å². The maximum Gasteiger partial charge on any atom is 0.276 e. The average Bonchev–Trinajstić information content (AvgIpc) is 2.51. The number of rotatable bonds is 1. The van der Waals surface area contributed by atoms with Crippen LogP contribution in [0.5, 0.6) is 0 Å². The molecule has 5 heteroatoms. The molecule has 0 saturated carbocycles. The fourth-order valence-corrected chi connectivity index (χ4v) is 1.13. The number of fused-ring (bicyclic) bond motifs is 1. The van der Waals surface area contributed by atoms with Crippen LogP contribution in [-0.2, 0) is 0 Å². The molecule has 0 amide bonds. The molecule has 13 heavy (non-hydrogen) atoms. The highest BCUT2D eigenvalue weighted by Crippen LogP contribution is 2.00. The van der Waals surface area contributed by atoms with Crippen LogP contribution in [0.25, 0.3) is 5.52 Å². The first kappa shape index (κ1) is 7.85. The van der Waals surface area contributed by atoms with E-state index < -0.39 is 0 Å². The summed E-state index contributed by atoms with van der Waals surface area (Å²) in [6.45, 7) is 0. The van der Waals surface area contributed by atoms with E-state index in [1.165, 1.54) is 0 Å². The van der Waals surface area contributed by atoms with Crippen molar-refractivity contribution in [3.8, 4) is 0 Å². The van der Waals surface area contributed by atoms with E-state index in [2.05, 4.69) is 10.1 Å². The standard InChI is InChI=1S/C8H10N4O/c1-11(2)8-9-7(13)6-4-3-5-12(6)10-8/h3-5H,1-2H3,(H,9,10,13). The van der Waals surface area contributed by atoms with Crippen LogP contribution in [0.2, 0.25) is 0 Å². The largest absolute Gasteiger partial charge is 0.347 e. The summed E-state index contributed by atoms with van der Waals surface area (Å²) in [5, 5.41) is 4.18. The molecule has 5 nitrogen and oxygen atoms in total. The second kappa shape index (κ2) is 2.62. The second-order valence-electron chi connectivity index (χ2n) is 3.01. The number of hydrogen-bond acceptors (Lipinski definition) is 3. The lowest BCUT2D eigenvalue weighted by atomic mass is 10.5. The van der Waals surface area contributed by atoms with Crippen LogP contribution in [0.3, 0.4) is 0 Å². The van der Waals surface area contributed by atoms with Gasteiger partial charge >= 0.3 is 0 Å². The molecule has 0 aliphatic heterocycles. The van der Waals surface area contributed by atoms with Crippen molar-refractivity contribution in [1.29, 1.82) is 0 Å². The Balaban J connectivity index is 2.77. The quantitative estimate of drug-likeness (QED) is 0.673. The Hall–Kier alpha value is -1.78. The Kier molecular flexibility index (Phi) is 1.58. The third-order valence-electron chi connectivity index (χ3n) is 1.81. The monoisotopic (exact) mass is 178 g/mol. The fraction of sp³-hybridized carbons (Fsp3) is 0.250. The lowest BCUT2D eigenvalue weighted by Gasteiger charge is -2.09. The summed E-state index contributed by atoms with van der Waals surface area (Å²) in [4.78, 5) is 15.8. The zero-order chi connectivity index (χ0) is 9.42. The van der Waals surface area contributed by atoms with E-state index >= 15 is 0 Å². The molecule has 0 fully saturated rings. The molecule has 2 aromatic rings. The second-order valence-corrected chi connectivity index (χ2v) is 3.01. The molecular formula is C8H10N4O. The van der Waals surface area contributed by atoms with Gasteiger partial charge in [-0.25, -0.2) is 4.52 Å². The van der Waals surface area contributed by atoms with Gasteiger partial charge in [0.1, 0.15) is 5.52 Å². The SMILES string of the molecule is CN(C)c1nn2cccc2c(=O)[nH]1. The number of anilines is 1. The molecule has 0 aliphatic rings. The van der Waals surface area contributed by atoms with Crippen LogP contribution >= 0.6 is 0 Å². The van der Waals surface area contributed by atoms with Crippen LogP contribution in [0, 0.1) is 0 Å². The molecule has 0 atom stereocenters. The van der Waals surface area contributed by atoms with Crippen molar-refractivity contribution in [2.75, 3.05) is 19.0 Å². The minimum absolute atomic E-state index is 0.122. The summed E-state index contributed by atoms with van der Waals surface area (Å²) in [6.07, 6.45) is 1.75. The van der Waals surface area contributed by atoms with Crippen molar-refractivity contribution in [3.05, 3.63) is 28.7 Å². The number of aromatic amines is 1. The van der Waals surface area contributed by atoms with Crippen LogP contribution in [0.1, 0.15) is 0 Å². The maximum absolute atomic E-state index is 11.4. The Morgan fingerprint density at radius 1 is 1.54 bits per heavy atom.